The number of rotatable bonds is 7. The van der Waals surface area contributed by atoms with Crippen LogP contribution in [0.1, 0.15) is 10.4 Å². The lowest BCUT2D eigenvalue weighted by molar-refractivity contribution is 0.102. The molecule has 32 heavy (non-hydrogen) atoms. The number of halogens is 2. The minimum Gasteiger partial charge on any atom is -0.324 e. The third-order valence-corrected chi connectivity index (χ3v) is 6.46. The number of fused-ring (bicyclic) bond motifs is 1. The molecule has 164 valence electrons. The number of nitrogens with zero attached hydrogens (tertiary/aromatic N) is 1. The summed E-state index contributed by atoms with van der Waals surface area (Å²) < 4.78 is 52.7. The number of hydrogen-bond donors (Lipinski definition) is 3. The smallest absolute Gasteiger partial charge is 0.288 e. The number of anilines is 2. The summed E-state index contributed by atoms with van der Waals surface area (Å²) in [6.45, 7) is 0. The van der Waals surface area contributed by atoms with Crippen molar-refractivity contribution >= 4 is 50.4 Å². The van der Waals surface area contributed by atoms with Crippen molar-refractivity contribution < 1.29 is 22.0 Å². The number of H-pyrrole nitrogens is 1. The predicted octanol–water partition coefficient (Wildman–Crippen LogP) is 4.93. The Kier molecular flexibility index (Phi) is 6.10. The van der Waals surface area contributed by atoms with Crippen molar-refractivity contribution in [3.63, 3.8) is 0 Å². The zero-order chi connectivity index (χ0) is 22.7. The first-order chi connectivity index (χ1) is 15.3. The van der Waals surface area contributed by atoms with E-state index in [1.54, 1.807) is 6.07 Å². The Balaban J connectivity index is 1.50. The molecule has 1 heterocycles. The van der Waals surface area contributed by atoms with E-state index in [1.165, 1.54) is 48.5 Å². The SMILES string of the molecule is O=C(Nc1nc2ccccc2[nH]1)c1cccc(S(=O)(=O)Nc2ccc(SC(F)F)cc2)c1. The number of benzene rings is 3. The van der Waals surface area contributed by atoms with Crippen molar-refractivity contribution in [3.8, 4) is 0 Å². The molecule has 3 N–H and O–H groups in total. The monoisotopic (exact) mass is 474 g/mol. The van der Waals surface area contributed by atoms with E-state index in [2.05, 4.69) is 20.0 Å². The largest absolute Gasteiger partial charge is 0.324 e. The first kappa shape index (κ1) is 21.8. The highest BCUT2D eigenvalue weighted by atomic mass is 32.2. The Bertz CT molecular complexity index is 1340. The molecule has 0 atom stereocenters. The van der Waals surface area contributed by atoms with Gasteiger partial charge in [-0.2, -0.15) is 8.78 Å². The summed E-state index contributed by atoms with van der Waals surface area (Å²) in [5.41, 5.74) is 1.76. The predicted molar refractivity (Wildman–Crippen MR) is 120 cm³/mol. The molecule has 0 radical (unpaired) electrons. The maximum atomic E-state index is 12.7. The van der Waals surface area contributed by atoms with E-state index < -0.39 is 21.7 Å². The standard InChI is InChI=1S/C21H16F2N4O3S2/c22-20(23)31-15-10-8-14(9-11-15)27-32(29,30)16-5-3-4-13(12-16)19(28)26-21-24-17-6-1-2-7-18(17)25-21/h1-12,20,27H,(H2,24,25,26,28). The van der Waals surface area contributed by atoms with E-state index in [1.807, 2.05) is 18.2 Å². The normalized spacial score (nSPS) is 11.6. The summed E-state index contributed by atoms with van der Waals surface area (Å²) in [5.74, 6) is -2.86. The van der Waals surface area contributed by atoms with Gasteiger partial charge < -0.3 is 4.98 Å². The third kappa shape index (κ3) is 5.06. The zero-order valence-electron chi connectivity index (χ0n) is 16.2. The summed E-state index contributed by atoms with van der Waals surface area (Å²) in [6, 6.07) is 18.3. The Labute approximate surface area is 186 Å². The Morgan fingerprint density at radius 1 is 1.00 bits per heavy atom. The van der Waals surface area contributed by atoms with E-state index in [9.17, 15) is 22.0 Å². The van der Waals surface area contributed by atoms with Gasteiger partial charge in [0.15, 0.2) is 0 Å². The molecule has 0 aliphatic carbocycles. The van der Waals surface area contributed by atoms with E-state index in [0.717, 1.165) is 5.52 Å². The molecule has 0 bridgehead atoms. The first-order valence-electron chi connectivity index (χ1n) is 9.24. The molecular formula is C21H16F2N4O3S2. The first-order valence-corrected chi connectivity index (χ1v) is 11.6. The summed E-state index contributed by atoms with van der Waals surface area (Å²) in [7, 11) is -4.01. The van der Waals surface area contributed by atoms with Gasteiger partial charge in [-0.3, -0.25) is 14.8 Å². The fraction of sp³-hybridized carbons (Fsp3) is 0.0476. The topological polar surface area (TPSA) is 104 Å². The molecule has 1 aromatic heterocycles. The van der Waals surface area contributed by atoms with Crippen LogP contribution in [0.25, 0.3) is 11.0 Å². The van der Waals surface area contributed by atoms with Crippen LogP contribution in [0, 0.1) is 0 Å². The Morgan fingerprint density at radius 3 is 2.47 bits per heavy atom. The summed E-state index contributed by atoms with van der Waals surface area (Å²) in [6.07, 6.45) is 0. The van der Waals surface area contributed by atoms with Crippen LogP contribution in [0.4, 0.5) is 20.4 Å². The highest BCUT2D eigenvalue weighted by Crippen LogP contribution is 2.27. The van der Waals surface area contributed by atoms with Crippen molar-refractivity contribution in [1.82, 2.24) is 9.97 Å². The fourth-order valence-corrected chi connectivity index (χ4v) is 4.52. The molecule has 11 heteroatoms. The maximum absolute atomic E-state index is 12.7. The van der Waals surface area contributed by atoms with Gasteiger partial charge in [-0.1, -0.05) is 30.0 Å². The van der Waals surface area contributed by atoms with E-state index >= 15 is 0 Å². The number of para-hydroxylation sites is 2. The van der Waals surface area contributed by atoms with Crippen LogP contribution in [0.3, 0.4) is 0 Å². The van der Waals surface area contributed by atoms with Gasteiger partial charge in [0.1, 0.15) is 0 Å². The minimum atomic E-state index is -4.01. The van der Waals surface area contributed by atoms with Gasteiger partial charge in [0, 0.05) is 16.1 Å². The second-order valence-corrected chi connectivity index (χ2v) is 9.34. The van der Waals surface area contributed by atoms with Crippen LogP contribution in [0.15, 0.2) is 82.6 Å². The summed E-state index contributed by atoms with van der Waals surface area (Å²) in [5, 5.41) is 2.61. The molecule has 0 spiro atoms. The van der Waals surface area contributed by atoms with Crippen molar-refractivity contribution in [2.24, 2.45) is 0 Å². The van der Waals surface area contributed by atoms with Gasteiger partial charge in [-0.25, -0.2) is 13.4 Å². The highest BCUT2D eigenvalue weighted by Gasteiger charge is 2.17. The molecule has 4 rings (SSSR count). The second-order valence-electron chi connectivity index (χ2n) is 6.59. The molecule has 0 unspecified atom stereocenters. The van der Waals surface area contributed by atoms with Gasteiger partial charge in [0.05, 0.1) is 15.9 Å². The number of sulfonamides is 1. The quantitative estimate of drug-likeness (QED) is 0.330. The number of amides is 1. The molecular weight excluding hydrogens is 458 g/mol. The van der Waals surface area contributed by atoms with Crippen LogP contribution < -0.4 is 10.0 Å². The van der Waals surface area contributed by atoms with E-state index in [4.69, 9.17) is 0 Å². The van der Waals surface area contributed by atoms with E-state index in [-0.39, 0.29) is 22.1 Å². The lowest BCUT2D eigenvalue weighted by Gasteiger charge is -2.10. The van der Waals surface area contributed by atoms with Gasteiger partial charge in [-0.15, -0.1) is 0 Å². The number of nitrogens with one attached hydrogen (secondary N) is 3. The van der Waals surface area contributed by atoms with Gasteiger partial charge >= 0.3 is 0 Å². The minimum absolute atomic E-state index is 0.122. The highest BCUT2D eigenvalue weighted by molar-refractivity contribution is 7.99. The average Bonchev–Trinajstić information content (AvgIpc) is 3.17. The number of aromatic nitrogens is 2. The number of carbonyl (C=O) groups is 1. The van der Waals surface area contributed by atoms with Gasteiger partial charge in [-0.05, 0) is 54.6 Å². The van der Waals surface area contributed by atoms with Crippen molar-refractivity contribution in [1.29, 1.82) is 0 Å². The number of carbonyl (C=O) groups excluding carboxylic acids is 1. The van der Waals surface area contributed by atoms with Crippen LogP contribution in [-0.2, 0) is 10.0 Å². The molecule has 7 nitrogen and oxygen atoms in total. The Morgan fingerprint density at radius 2 is 1.75 bits per heavy atom. The van der Waals surface area contributed by atoms with E-state index in [0.29, 0.717) is 22.2 Å². The number of alkyl halides is 2. The van der Waals surface area contributed by atoms with Crippen LogP contribution in [0.2, 0.25) is 0 Å². The van der Waals surface area contributed by atoms with Crippen LogP contribution >= 0.6 is 11.8 Å². The molecule has 4 aromatic rings. The average molecular weight is 475 g/mol. The molecule has 3 aromatic carbocycles. The third-order valence-electron chi connectivity index (χ3n) is 4.36. The number of thioether (sulfide) groups is 1. The molecule has 0 fully saturated rings. The number of hydrogen-bond acceptors (Lipinski definition) is 5. The van der Waals surface area contributed by atoms with Crippen molar-refractivity contribution in [2.45, 2.75) is 15.5 Å². The molecule has 0 aliphatic heterocycles. The van der Waals surface area contributed by atoms with Crippen LogP contribution in [-0.4, -0.2) is 30.1 Å². The summed E-state index contributed by atoms with van der Waals surface area (Å²) in [4.78, 5) is 20.0. The van der Waals surface area contributed by atoms with Gasteiger partial charge in [0.25, 0.3) is 21.7 Å². The number of aromatic amines is 1. The Hall–Kier alpha value is -3.44. The molecule has 0 saturated heterocycles. The molecule has 0 saturated carbocycles. The maximum Gasteiger partial charge on any atom is 0.288 e. The lowest BCUT2D eigenvalue weighted by Crippen LogP contribution is -2.16. The van der Waals surface area contributed by atoms with Crippen LogP contribution in [0.5, 0.6) is 0 Å². The zero-order valence-corrected chi connectivity index (χ0v) is 17.9. The molecule has 1 amide bonds. The lowest BCUT2D eigenvalue weighted by atomic mass is 10.2. The van der Waals surface area contributed by atoms with Crippen molar-refractivity contribution in [2.75, 3.05) is 10.0 Å². The van der Waals surface area contributed by atoms with Gasteiger partial charge in [0.2, 0.25) is 5.95 Å². The summed E-state index contributed by atoms with van der Waals surface area (Å²) >= 11 is 0.366. The molecule has 0 aliphatic rings. The number of imidazole rings is 1. The van der Waals surface area contributed by atoms with Crippen molar-refractivity contribution in [3.05, 3.63) is 78.4 Å². The fourth-order valence-electron chi connectivity index (χ4n) is 2.91. The second kappa shape index (κ2) is 8.97.